The number of rotatable bonds is 1. The third-order valence-electron chi connectivity index (χ3n) is 6.00. The van der Waals surface area contributed by atoms with Crippen LogP contribution in [-0.2, 0) is 0 Å². The Balaban J connectivity index is 2.29. The zero-order valence-electron chi connectivity index (χ0n) is 14.7. The van der Waals surface area contributed by atoms with Gasteiger partial charge in [-0.05, 0) is 82.5 Å². The molecule has 0 aromatic heterocycles. The van der Waals surface area contributed by atoms with Crippen LogP contribution in [0.1, 0.15) is 73.1 Å². The van der Waals surface area contributed by atoms with Crippen LogP contribution in [-0.4, -0.2) is 10.7 Å². The van der Waals surface area contributed by atoms with E-state index in [0.29, 0.717) is 17.8 Å². The van der Waals surface area contributed by atoms with E-state index in [1.807, 2.05) is 13.8 Å². The number of aliphatic hydroxyl groups is 1. The second-order valence-corrected chi connectivity index (χ2v) is 8.41. The highest BCUT2D eigenvalue weighted by atomic mass is 16.3. The van der Waals surface area contributed by atoms with Gasteiger partial charge in [-0.15, -0.1) is 0 Å². The lowest BCUT2D eigenvalue weighted by molar-refractivity contribution is -0.0114. The van der Waals surface area contributed by atoms with E-state index in [2.05, 4.69) is 39.0 Å². The summed E-state index contributed by atoms with van der Waals surface area (Å²) in [5.41, 5.74) is 1.25. The summed E-state index contributed by atoms with van der Waals surface area (Å²) in [6.45, 7) is 11.0. The molecule has 0 unspecified atom stereocenters. The molecule has 0 radical (unpaired) electrons. The second kappa shape index (κ2) is 6.28. The molecule has 21 heavy (non-hydrogen) atoms. The SMILES string of the molecule is C/C1=C\CC[C@H](C)/C=C/[C@]2(C)CC[C@H](C(C)(C)O)[C@H]2CC1. The molecule has 0 spiro atoms. The van der Waals surface area contributed by atoms with E-state index in [1.165, 1.54) is 37.7 Å². The van der Waals surface area contributed by atoms with Crippen LogP contribution < -0.4 is 0 Å². The second-order valence-electron chi connectivity index (χ2n) is 8.41. The van der Waals surface area contributed by atoms with Crippen molar-refractivity contribution < 1.29 is 5.11 Å². The minimum absolute atomic E-state index is 0.267. The molecular formula is C20H34O. The summed E-state index contributed by atoms with van der Waals surface area (Å²) in [7, 11) is 0. The molecule has 2 aliphatic carbocycles. The Bertz CT molecular complexity index is 412. The van der Waals surface area contributed by atoms with Crippen molar-refractivity contribution in [2.75, 3.05) is 0 Å². The van der Waals surface area contributed by atoms with Crippen LogP contribution in [0.4, 0.5) is 0 Å². The number of allylic oxidation sites excluding steroid dienone is 4. The van der Waals surface area contributed by atoms with Gasteiger partial charge in [0, 0.05) is 0 Å². The van der Waals surface area contributed by atoms with E-state index in [9.17, 15) is 5.11 Å². The lowest BCUT2D eigenvalue weighted by Gasteiger charge is -2.37. The summed E-state index contributed by atoms with van der Waals surface area (Å²) in [6.07, 6.45) is 14.6. The first kappa shape index (κ1) is 16.8. The Morgan fingerprint density at radius 2 is 1.95 bits per heavy atom. The van der Waals surface area contributed by atoms with Gasteiger partial charge in [0.2, 0.25) is 0 Å². The summed E-state index contributed by atoms with van der Waals surface area (Å²) in [5.74, 6) is 1.68. The molecule has 4 atom stereocenters. The van der Waals surface area contributed by atoms with Crippen molar-refractivity contribution in [2.45, 2.75) is 78.7 Å². The fraction of sp³-hybridized carbons (Fsp3) is 0.800. The van der Waals surface area contributed by atoms with Crippen molar-refractivity contribution in [3.05, 3.63) is 23.8 Å². The third-order valence-corrected chi connectivity index (χ3v) is 6.00. The zero-order valence-corrected chi connectivity index (χ0v) is 14.7. The van der Waals surface area contributed by atoms with Gasteiger partial charge in [0.25, 0.3) is 0 Å². The van der Waals surface area contributed by atoms with E-state index >= 15 is 0 Å². The predicted octanol–water partition coefficient (Wildman–Crippen LogP) is 5.50. The van der Waals surface area contributed by atoms with Crippen LogP contribution in [0.25, 0.3) is 0 Å². The smallest absolute Gasteiger partial charge is 0.0622 e. The summed E-state index contributed by atoms with van der Waals surface area (Å²) in [6, 6.07) is 0. The Hall–Kier alpha value is -0.560. The number of hydrogen-bond donors (Lipinski definition) is 1. The van der Waals surface area contributed by atoms with Crippen molar-refractivity contribution in [1.29, 1.82) is 0 Å². The average molecular weight is 290 g/mol. The molecular weight excluding hydrogens is 256 g/mol. The minimum atomic E-state index is -0.556. The van der Waals surface area contributed by atoms with Crippen molar-refractivity contribution in [1.82, 2.24) is 0 Å². The molecule has 2 aliphatic rings. The molecule has 0 heterocycles. The highest BCUT2D eigenvalue weighted by molar-refractivity contribution is 5.11. The van der Waals surface area contributed by atoms with Crippen molar-refractivity contribution in [2.24, 2.45) is 23.2 Å². The van der Waals surface area contributed by atoms with Gasteiger partial charge < -0.3 is 5.11 Å². The van der Waals surface area contributed by atoms with Crippen LogP contribution in [0.15, 0.2) is 23.8 Å². The van der Waals surface area contributed by atoms with Crippen LogP contribution in [0.5, 0.6) is 0 Å². The normalized spacial score (nSPS) is 42.6. The molecule has 1 N–H and O–H groups in total. The maximum atomic E-state index is 10.6. The molecule has 0 bridgehead atoms. The Labute approximate surface area is 131 Å². The molecule has 120 valence electrons. The van der Waals surface area contributed by atoms with E-state index in [4.69, 9.17) is 0 Å². The van der Waals surface area contributed by atoms with Crippen LogP contribution in [0, 0.1) is 23.2 Å². The molecule has 1 heteroatoms. The summed E-state index contributed by atoms with van der Waals surface area (Å²) < 4.78 is 0. The molecule has 0 amide bonds. The van der Waals surface area contributed by atoms with Crippen LogP contribution in [0.3, 0.4) is 0 Å². The molecule has 0 aromatic carbocycles. The highest BCUT2D eigenvalue weighted by Gasteiger charge is 2.48. The Morgan fingerprint density at radius 1 is 1.24 bits per heavy atom. The third kappa shape index (κ3) is 4.00. The first-order chi connectivity index (χ1) is 9.72. The summed E-state index contributed by atoms with van der Waals surface area (Å²) in [5, 5.41) is 10.6. The highest BCUT2D eigenvalue weighted by Crippen LogP contribution is 2.53. The fourth-order valence-electron chi connectivity index (χ4n) is 4.45. The summed E-state index contributed by atoms with van der Waals surface area (Å²) >= 11 is 0. The number of fused-ring (bicyclic) bond motifs is 1. The van der Waals surface area contributed by atoms with E-state index < -0.39 is 5.60 Å². The maximum Gasteiger partial charge on any atom is 0.0622 e. The van der Waals surface area contributed by atoms with Gasteiger partial charge in [-0.1, -0.05) is 37.6 Å². The zero-order chi connectivity index (χ0) is 15.7. The molecule has 2 rings (SSSR count). The average Bonchev–Trinajstić information content (AvgIpc) is 2.70. The standard InChI is InChI=1S/C20H34O/c1-15-7-6-8-16(2)11-13-20(5)14-12-17(19(3,4)21)18(20)10-9-15/h7,11,13,16-18,21H,6,8-10,12,14H2,1-5H3/b13-11+,15-7+/t16-,17-,18+,20+/m0/s1. The summed E-state index contributed by atoms with van der Waals surface area (Å²) in [4.78, 5) is 0. The lowest BCUT2D eigenvalue weighted by Crippen LogP contribution is -2.37. The minimum Gasteiger partial charge on any atom is -0.390 e. The molecule has 0 aromatic rings. The van der Waals surface area contributed by atoms with Gasteiger partial charge in [-0.3, -0.25) is 0 Å². The molecule has 1 saturated carbocycles. The quantitative estimate of drug-likeness (QED) is 0.632. The van der Waals surface area contributed by atoms with E-state index in [1.54, 1.807) is 0 Å². The Kier molecular flexibility index (Phi) is 5.03. The van der Waals surface area contributed by atoms with E-state index in [-0.39, 0.29) is 5.41 Å². The molecule has 1 fully saturated rings. The van der Waals surface area contributed by atoms with Crippen molar-refractivity contribution in [3.63, 3.8) is 0 Å². The van der Waals surface area contributed by atoms with Crippen LogP contribution >= 0.6 is 0 Å². The van der Waals surface area contributed by atoms with Gasteiger partial charge in [0.15, 0.2) is 0 Å². The van der Waals surface area contributed by atoms with Gasteiger partial charge in [-0.25, -0.2) is 0 Å². The monoisotopic (exact) mass is 290 g/mol. The largest absolute Gasteiger partial charge is 0.390 e. The van der Waals surface area contributed by atoms with E-state index in [0.717, 1.165) is 6.42 Å². The van der Waals surface area contributed by atoms with Crippen molar-refractivity contribution >= 4 is 0 Å². The lowest BCUT2D eigenvalue weighted by atomic mass is 9.70. The number of hydrogen-bond acceptors (Lipinski definition) is 1. The van der Waals surface area contributed by atoms with Gasteiger partial charge in [0.1, 0.15) is 0 Å². The van der Waals surface area contributed by atoms with Crippen molar-refractivity contribution in [3.8, 4) is 0 Å². The molecule has 0 saturated heterocycles. The Morgan fingerprint density at radius 3 is 2.62 bits per heavy atom. The van der Waals surface area contributed by atoms with Crippen LogP contribution in [0.2, 0.25) is 0 Å². The van der Waals surface area contributed by atoms with Gasteiger partial charge in [-0.2, -0.15) is 0 Å². The fourth-order valence-corrected chi connectivity index (χ4v) is 4.45. The topological polar surface area (TPSA) is 20.2 Å². The van der Waals surface area contributed by atoms with Gasteiger partial charge >= 0.3 is 0 Å². The first-order valence-electron chi connectivity index (χ1n) is 8.80. The maximum absolute atomic E-state index is 10.6. The molecule has 1 nitrogen and oxygen atoms in total. The first-order valence-corrected chi connectivity index (χ1v) is 8.80. The molecule has 0 aliphatic heterocycles. The predicted molar refractivity (Wildman–Crippen MR) is 91.1 cm³/mol. The van der Waals surface area contributed by atoms with Gasteiger partial charge in [0.05, 0.1) is 5.60 Å².